The monoisotopic (exact) mass is 275 g/mol. The summed E-state index contributed by atoms with van der Waals surface area (Å²) in [5, 5.41) is 2.99. The third-order valence-electron chi connectivity index (χ3n) is 2.96. The number of rotatable bonds is 4. The second kappa shape index (κ2) is 5.38. The van der Waals surface area contributed by atoms with Gasteiger partial charge in [-0.15, -0.1) is 0 Å². The van der Waals surface area contributed by atoms with Gasteiger partial charge in [-0.1, -0.05) is 0 Å². The highest BCUT2D eigenvalue weighted by molar-refractivity contribution is 5.48. The Kier molecular flexibility index (Phi) is 3.43. The van der Waals surface area contributed by atoms with Crippen LogP contribution >= 0.6 is 0 Å². The first-order valence-corrected chi connectivity index (χ1v) is 6.27. The zero-order valence-corrected chi connectivity index (χ0v) is 11.0. The maximum absolute atomic E-state index is 13.3. The quantitative estimate of drug-likeness (QED) is 0.931. The van der Waals surface area contributed by atoms with Crippen molar-refractivity contribution in [3.05, 3.63) is 47.8 Å². The van der Waals surface area contributed by atoms with Gasteiger partial charge in [0, 0.05) is 18.2 Å². The lowest BCUT2D eigenvalue weighted by Crippen LogP contribution is -2.06. The summed E-state index contributed by atoms with van der Waals surface area (Å²) in [6.07, 6.45) is 0. The van der Waals surface area contributed by atoms with Crippen molar-refractivity contribution in [3.63, 3.8) is 0 Å². The van der Waals surface area contributed by atoms with E-state index in [9.17, 15) is 4.39 Å². The lowest BCUT2D eigenvalue weighted by molar-refractivity contribution is 0.174. The molecule has 0 amide bonds. The maximum atomic E-state index is 13.3. The number of hydrogen-bond donors (Lipinski definition) is 1. The van der Waals surface area contributed by atoms with Gasteiger partial charge < -0.3 is 19.5 Å². The highest BCUT2D eigenvalue weighted by atomic mass is 19.1. The molecule has 5 heteroatoms. The molecule has 0 bridgehead atoms. The molecule has 1 aliphatic rings. The molecule has 0 fully saturated rings. The molecule has 1 N–H and O–H groups in total. The summed E-state index contributed by atoms with van der Waals surface area (Å²) < 4.78 is 29.6. The highest BCUT2D eigenvalue weighted by Gasteiger charge is 2.14. The molecule has 0 atom stereocenters. The fourth-order valence-corrected chi connectivity index (χ4v) is 2.04. The zero-order chi connectivity index (χ0) is 13.9. The fraction of sp³-hybridized carbons (Fsp3) is 0.200. The van der Waals surface area contributed by atoms with Crippen LogP contribution in [-0.2, 0) is 6.54 Å². The van der Waals surface area contributed by atoms with Crippen molar-refractivity contribution < 1.29 is 18.6 Å². The van der Waals surface area contributed by atoms with E-state index in [1.54, 1.807) is 31.3 Å². The summed E-state index contributed by atoms with van der Waals surface area (Å²) in [6.45, 7) is 0.748. The van der Waals surface area contributed by atoms with Crippen molar-refractivity contribution in [2.45, 2.75) is 6.54 Å². The van der Waals surface area contributed by atoms with E-state index in [0.29, 0.717) is 29.5 Å². The van der Waals surface area contributed by atoms with Crippen LogP contribution in [0.15, 0.2) is 36.4 Å². The Morgan fingerprint density at radius 3 is 2.85 bits per heavy atom. The van der Waals surface area contributed by atoms with Crippen LogP contribution in [0.5, 0.6) is 23.0 Å². The average molecular weight is 275 g/mol. The van der Waals surface area contributed by atoms with Gasteiger partial charge in [-0.25, -0.2) is 4.39 Å². The van der Waals surface area contributed by atoms with Crippen LogP contribution in [-0.4, -0.2) is 13.8 Å². The van der Waals surface area contributed by atoms with E-state index in [2.05, 4.69) is 5.32 Å². The third-order valence-corrected chi connectivity index (χ3v) is 2.96. The van der Waals surface area contributed by atoms with Gasteiger partial charge in [-0.2, -0.15) is 0 Å². The Hall–Kier alpha value is -2.27. The van der Waals surface area contributed by atoms with Gasteiger partial charge in [0.25, 0.3) is 0 Å². The van der Waals surface area contributed by atoms with E-state index in [1.165, 1.54) is 12.1 Å². The second-order valence-corrected chi connectivity index (χ2v) is 4.40. The van der Waals surface area contributed by atoms with Gasteiger partial charge in [0.05, 0.1) is 0 Å². The van der Waals surface area contributed by atoms with E-state index >= 15 is 0 Å². The van der Waals surface area contributed by atoms with Gasteiger partial charge in [0.15, 0.2) is 11.5 Å². The first-order chi connectivity index (χ1) is 9.76. The Morgan fingerprint density at radius 2 is 2.00 bits per heavy atom. The number of hydrogen-bond acceptors (Lipinski definition) is 4. The molecule has 20 heavy (non-hydrogen) atoms. The van der Waals surface area contributed by atoms with Crippen LogP contribution in [0.2, 0.25) is 0 Å². The van der Waals surface area contributed by atoms with Crippen LogP contribution in [0.4, 0.5) is 4.39 Å². The molecule has 0 radical (unpaired) electrons. The molecule has 104 valence electrons. The summed E-state index contributed by atoms with van der Waals surface area (Å²) in [4.78, 5) is 0. The van der Waals surface area contributed by atoms with Gasteiger partial charge in [0.2, 0.25) is 6.79 Å². The third kappa shape index (κ3) is 2.53. The van der Waals surface area contributed by atoms with Crippen molar-refractivity contribution in [3.8, 4) is 23.0 Å². The summed E-state index contributed by atoms with van der Waals surface area (Å²) in [6, 6.07) is 9.79. The molecule has 0 saturated carbocycles. The predicted molar refractivity (Wildman–Crippen MR) is 71.8 cm³/mol. The van der Waals surface area contributed by atoms with Crippen LogP contribution in [0.25, 0.3) is 0 Å². The molecule has 0 spiro atoms. The normalized spacial score (nSPS) is 12.5. The van der Waals surface area contributed by atoms with E-state index < -0.39 is 0 Å². The Bertz CT molecular complexity index is 631. The van der Waals surface area contributed by atoms with Gasteiger partial charge in [-0.05, 0) is 37.4 Å². The van der Waals surface area contributed by atoms with Crippen molar-refractivity contribution >= 4 is 0 Å². The molecular weight excluding hydrogens is 261 g/mol. The second-order valence-electron chi connectivity index (χ2n) is 4.40. The molecule has 2 aromatic carbocycles. The summed E-state index contributed by atoms with van der Waals surface area (Å²) in [7, 11) is 1.80. The minimum absolute atomic E-state index is 0.223. The number of fused-ring (bicyclic) bond motifs is 1. The standard InChI is InChI=1S/C15H14FNO3/c1-17-8-10-6-11(16)2-4-13(10)20-12-3-5-14-15(7-12)19-9-18-14/h2-7,17H,8-9H2,1H3. The summed E-state index contributed by atoms with van der Waals surface area (Å²) in [5.74, 6) is 2.30. The lowest BCUT2D eigenvalue weighted by Gasteiger charge is -2.11. The van der Waals surface area contributed by atoms with Crippen molar-refractivity contribution in [1.29, 1.82) is 0 Å². The van der Waals surface area contributed by atoms with E-state index in [1.807, 2.05) is 0 Å². The number of nitrogens with one attached hydrogen (secondary N) is 1. The minimum Gasteiger partial charge on any atom is -0.457 e. The van der Waals surface area contributed by atoms with Gasteiger partial charge in [0.1, 0.15) is 17.3 Å². The molecule has 3 rings (SSSR count). The van der Waals surface area contributed by atoms with Gasteiger partial charge >= 0.3 is 0 Å². The first-order valence-electron chi connectivity index (χ1n) is 6.27. The van der Waals surface area contributed by atoms with E-state index in [4.69, 9.17) is 14.2 Å². The highest BCUT2D eigenvalue weighted by Crippen LogP contribution is 2.37. The molecule has 1 aliphatic heterocycles. The summed E-state index contributed by atoms with van der Waals surface area (Å²) >= 11 is 0. The SMILES string of the molecule is CNCc1cc(F)ccc1Oc1ccc2c(c1)OCO2. The molecule has 0 aliphatic carbocycles. The van der Waals surface area contributed by atoms with Crippen LogP contribution in [0.3, 0.4) is 0 Å². The van der Waals surface area contributed by atoms with Crippen LogP contribution in [0.1, 0.15) is 5.56 Å². The van der Waals surface area contributed by atoms with E-state index in [0.717, 1.165) is 5.56 Å². The van der Waals surface area contributed by atoms with Crippen molar-refractivity contribution in [1.82, 2.24) is 5.32 Å². The smallest absolute Gasteiger partial charge is 0.231 e. The molecule has 4 nitrogen and oxygen atoms in total. The molecule has 0 saturated heterocycles. The fourth-order valence-electron chi connectivity index (χ4n) is 2.04. The van der Waals surface area contributed by atoms with E-state index in [-0.39, 0.29) is 12.6 Å². The zero-order valence-electron chi connectivity index (χ0n) is 11.0. The van der Waals surface area contributed by atoms with Gasteiger partial charge in [-0.3, -0.25) is 0 Å². The molecule has 0 aromatic heterocycles. The number of benzene rings is 2. The van der Waals surface area contributed by atoms with Crippen LogP contribution in [0, 0.1) is 5.82 Å². The largest absolute Gasteiger partial charge is 0.457 e. The topological polar surface area (TPSA) is 39.7 Å². The Morgan fingerprint density at radius 1 is 1.15 bits per heavy atom. The van der Waals surface area contributed by atoms with Crippen LogP contribution < -0.4 is 19.5 Å². The average Bonchev–Trinajstić information content (AvgIpc) is 2.89. The lowest BCUT2D eigenvalue weighted by atomic mass is 10.2. The Balaban J connectivity index is 1.87. The Labute approximate surface area is 116 Å². The maximum Gasteiger partial charge on any atom is 0.231 e. The molecular formula is C15H14FNO3. The molecule has 2 aromatic rings. The number of ether oxygens (including phenoxy) is 3. The first kappa shape index (κ1) is 12.7. The summed E-state index contributed by atoms with van der Waals surface area (Å²) in [5.41, 5.74) is 0.755. The van der Waals surface area contributed by atoms with Crippen molar-refractivity contribution in [2.75, 3.05) is 13.8 Å². The predicted octanol–water partition coefficient (Wildman–Crippen LogP) is 3.07. The number of halogens is 1. The molecule has 0 unspecified atom stereocenters. The molecule has 1 heterocycles. The van der Waals surface area contributed by atoms with Crippen molar-refractivity contribution in [2.24, 2.45) is 0 Å². The minimum atomic E-state index is -0.284.